The molecule has 126 valence electrons. The van der Waals surface area contributed by atoms with Gasteiger partial charge >= 0.3 is 5.97 Å². The molecule has 3 atom stereocenters. The van der Waals surface area contributed by atoms with Crippen LogP contribution >= 0.6 is 0 Å². The van der Waals surface area contributed by atoms with Crippen molar-refractivity contribution in [2.75, 3.05) is 13.1 Å². The summed E-state index contributed by atoms with van der Waals surface area (Å²) in [4.78, 5) is 25.4. The third-order valence-corrected chi connectivity index (χ3v) is 4.35. The van der Waals surface area contributed by atoms with Crippen LogP contribution in [0.4, 0.5) is 0 Å². The number of carbonyl (C=O) groups excluding carboxylic acids is 1. The van der Waals surface area contributed by atoms with Gasteiger partial charge in [0.25, 0.3) is 0 Å². The highest BCUT2D eigenvalue weighted by Crippen LogP contribution is 2.25. The van der Waals surface area contributed by atoms with E-state index >= 15 is 0 Å². The first kappa shape index (κ1) is 17.5. The molecule has 0 saturated carbocycles. The maximum Gasteiger partial charge on any atom is 0.334 e. The first-order chi connectivity index (χ1) is 10.9. The van der Waals surface area contributed by atoms with Crippen molar-refractivity contribution in [1.82, 2.24) is 4.90 Å². The van der Waals surface area contributed by atoms with Gasteiger partial charge in [0.1, 0.15) is 0 Å². The molecule has 1 aromatic carbocycles. The van der Waals surface area contributed by atoms with Crippen molar-refractivity contribution >= 4 is 11.9 Å². The Morgan fingerprint density at radius 2 is 1.96 bits per heavy atom. The standard InChI is InChI=1S/C18H25NO4/c1-4-14(15-7-5-12(2)6-8-15)9-17(20)19-10-13(3)23-16(11-19)18(21)22/h5-8,13-14,16H,4,9-11H2,1-3H3,(H,21,22)/t13-,14?,16?/m1/s1. The van der Waals surface area contributed by atoms with Crippen LogP contribution in [0.2, 0.25) is 0 Å². The van der Waals surface area contributed by atoms with E-state index in [1.165, 1.54) is 5.56 Å². The molecule has 0 spiro atoms. The van der Waals surface area contributed by atoms with E-state index in [0.717, 1.165) is 12.0 Å². The molecule has 5 nitrogen and oxygen atoms in total. The second-order valence-corrected chi connectivity index (χ2v) is 6.29. The van der Waals surface area contributed by atoms with Gasteiger partial charge in [-0.05, 0) is 31.7 Å². The predicted molar refractivity (Wildman–Crippen MR) is 87.4 cm³/mol. The maximum atomic E-state index is 12.6. The van der Waals surface area contributed by atoms with Crippen molar-refractivity contribution in [3.05, 3.63) is 35.4 Å². The molecule has 1 fully saturated rings. The van der Waals surface area contributed by atoms with Gasteiger partial charge < -0.3 is 14.7 Å². The minimum Gasteiger partial charge on any atom is -0.479 e. The number of rotatable bonds is 5. The van der Waals surface area contributed by atoms with E-state index in [0.29, 0.717) is 13.0 Å². The normalized spacial score (nSPS) is 22.7. The van der Waals surface area contributed by atoms with Crippen LogP contribution in [-0.2, 0) is 14.3 Å². The van der Waals surface area contributed by atoms with E-state index in [-0.39, 0.29) is 24.5 Å². The number of amides is 1. The summed E-state index contributed by atoms with van der Waals surface area (Å²) in [5.74, 6) is -0.858. The van der Waals surface area contributed by atoms with Gasteiger partial charge in [-0.2, -0.15) is 0 Å². The first-order valence-electron chi connectivity index (χ1n) is 8.13. The van der Waals surface area contributed by atoms with Crippen molar-refractivity contribution in [1.29, 1.82) is 0 Å². The van der Waals surface area contributed by atoms with Crippen LogP contribution in [-0.4, -0.2) is 47.2 Å². The third kappa shape index (κ3) is 4.55. The minimum absolute atomic E-state index is 0.00109. The summed E-state index contributed by atoms with van der Waals surface area (Å²) in [6.07, 6.45) is 0.0887. The average molecular weight is 319 g/mol. The fourth-order valence-electron chi connectivity index (χ4n) is 2.97. The number of carbonyl (C=O) groups is 2. The van der Waals surface area contributed by atoms with Gasteiger partial charge in [-0.15, -0.1) is 0 Å². The molecule has 1 amide bonds. The highest BCUT2D eigenvalue weighted by atomic mass is 16.5. The molecule has 0 aromatic heterocycles. The summed E-state index contributed by atoms with van der Waals surface area (Å²) in [5, 5.41) is 9.12. The molecule has 0 radical (unpaired) electrons. The van der Waals surface area contributed by atoms with Crippen LogP contribution in [0.15, 0.2) is 24.3 Å². The summed E-state index contributed by atoms with van der Waals surface area (Å²) in [5.41, 5.74) is 2.35. The van der Waals surface area contributed by atoms with E-state index < -0.39 is 12.1 Å². The number of morpholine rings is 1. The van der Waals surface area contributed by atoms with Crippen LogP contribution in [0, 0.1) is 6.92 Å². The smallest absolute Gasteiger partial charge is 0.334 e. The van der Waals surface area contributed by atoms with Crippen LogP contribution in [0.25, 0.3) is 0 Å². The maximum absolute atomic E-state index is 12.6. The molecule has 1 aromatic rings. The largest absolute Gasteiger partial charge is 0.479 e. The lowest BCUT2D eigenvalue weighted by atomic mass is 9.92. The van der Waals surface area contributed by atoms with Gasteiger partial charge in [-0.3, -0.25) is 4.79 Å². The summed E-state index contributed by atoms with van der Waals surface area (Å²) in [6, 6.07) is 8.25. The SMILES string of the molecule is CCC(CC(=O)N1CC(C(=O)O)O[C@H](C)C1)c1ccc(C)cc1. The number of ether oxygens (including phenoxy) is 1. The summed E-state index contributed by atoms with van der Waals surface area (Å²) < 4.78 is 5.36. The Balaban J connectivity index is 2.04. The van der Waals surface area contributed by atoms with Crippen molar-refractivity contribution in [3.63, 3.8) is 0 Å². The van der Waals surface area contributed by atoms with Gasteiger partial charge in [-0.25, -0.2) is 4.79 Å². The summed E-state index contributed by atoms with van der Waals surface area (Å²) >= 11 is 0. The van der Waals surface area contributed by atoms with Gasteiger partial charge in [0, 0.05) is 13.0 Å². The lowest BCUT2D eigenvalue weighted by molar-refractivity contribution is -0.166. The lowest BCUT2D eigenvalue weighted by Gasteiger charge is -2.35. The van der Waals surface area contributed by atoms with Gasteiger partial charge in [0.15, 0.2) is 6.10 Å². The van der Waals surface area contributed by atoms with Crippen LogP contribution < -0.4 is 0 Å². The molecule has 0 aliphatic carbocycles. The zero-order chi connectivity index (χ0) is 17.0. The molecule has 0 bridgehead atoms. The molecule has 2 unspecified atom stereocenters. The topological polar surface area (TPSA) is 66.8 Å². The molecule has 1 heterocycles. The highest BCUT2D eigenvalue weighted by Gasteiger charge is 2.33. The number of carboxylic acids is 1. The molecule has 1 N–H and O–H groups in total. The Kier molecular flexibility index (Phi) is 5.77. The van der Waals surface area contributed by atoms with Gasteiger partial charge in [-0.1, -0.05) is 36.8 Å². The van der Waals surface area contributed by atoms with Crippen molar-refractivity contribution < 1.29 is 19.4 Å². The molecule has 23 heavy (non-hydrogen) atoms. The fourth-order valence-corrected chi connectivity index (χ4v) is 2.97. The van der Waals surface area contributed by atoms with E-state index in [1.54, 1.807) is 11.8 Å². The molecular formula is C18H25NO4. The fraction of sp³-hybridized carbons (Fsp3) is 0.556. The van der Waals surface area contributed by atoms with Crippen LogP contribution in [0.3, 0.4) is 0 Å². The Hall–Kier alpha value is -1.88. The molecule has 1 saturated heterocycles. The number of hydrogen-bond donors (Lipinski definition) is 1. The number of aliphatic carboxylic acids is 1. The molecule has 2 rings (SSSR count). The van der Waals surface area contributed by atoms with Crippen molar-refractivity contribution in [3.8, 4) is 0 Å². The zero-order valence-electron chi connectivity index (χ0n) is 14.0. The number of aryl methyl sites for hydroxylation is 1. The van der Waals surface area contributed by atoms with Crippen LogP contribution in [0.5, 0.6) is 0 Å². The molecular weight excluding hydrogens is 294 g/mol. The second-order valence-electron chi connectivity index (χ2n) is 6.29. The van der Waals surface area contributed by atoms with E-state index in [1.807, 2.05) is 6.92 Å². The van der Waals surface area contributed by atoms with Crippen LogP contribution in [0.1, 0.15) is 43.7 Å². The van der Waals surface area contributed by atoms with Crippen molar-refractivity contribution in [2.45, 2.75) is 51.7 Å². The highest BCUT2D eigenvalue weighted by molar-refractivity contribution is 5.79. The molecule has 5 heteroatoms. The minimum atomic E-state index is -1.01. The third-order valence-electron chi connectivity index (χ3n) is 4.35. The molecule has 1 aliphatic rings. The number of hydrogen-bond acceptors (Lipinski definition) is 3. The second kappa shape index (κ2) is 7.59. The van der Waals surface area contributed by atoms with E-state index in [9.17, 15) is 9.59 Å². The van der Waals surface area contributed by atoms with Gasteiger partial charge in [0.2, 0.25) is 5.91 Å². The number of benzene rings is 1. The Morgan fingerprint density at radius 1 is 1.30 bits per heavy atom. The van der Waals surface area contributed by atoms with E-state index in [4.69, 9.17) is 9.84 Å². The zero-order valence-corrected chi connectivity index (χ0v) is 14.0. The Labute approximate surface area is 137 Å². The number of nitrogens with zero attached hydrogens (tertiary/aromatic N) is 1. The monoisotopic (exact) mass is 319 g/mol. The molecule has 1 aliphatic heterocycles. The van der Waals surface area contributed by atoms with Crippen molar-refractivity contribution in [2.24, 2.45) is 0 Å². The lowest BCUT2D eigenvalue weighted by Crippen LogP contribution is -2.52. The predicted octanol–water partition coefficient (Wildman–Crippen LogP) is 2.58. The first-order valence-corrected chi connectivity index (χ1v) is 8.13. The quantitative estimate of drug-likeness (QED) is 0.906. The Bertz CT molecular complexity index is 555. The van der Waals surface area contributed by atoms with Gasteiger partial charge in [0.05, 0.1) is 12.6 Å². The average Bonchev–Trinajstić information content (AvgIpc) is 2.52. The summed E-state index contributed by atoms with van der Waals surface area (Å²) in [7, 11) is 0. The number of carboxylic acid groups (broad SMARTS) is 1. The Morgan fingerprint density at radius 3 is 2.52 bits per heavy atom. The van der Waals surface area contributed by atoms with E-state index in [2.05, 4.69) is 31.2 Å². The summed E-state index contributed by atoms with van der Waals surface area (Å²) in [6.45, 7) is 6.49.